The Bertz CT molecular complexity index is 1260. The SMILES string of the molecule is COc1ccc2c(c1OCc1ccc(F)cc1)C[C@@H](C(=O)O)N(C(O)[C@@H](OC1CCCC1)c1ccccc1)C2. The summed E-state index contributed by atoms with van der Waals surface area (Å²) in [5, 5.41) is 22.0. The van der Waals surface area contributed by atoms with Gasteiger partial charge in [0.15, 0.2) is 11.5 Å². The van der Waals surface area contributed by atoms with Gasteiger partial charge in [0.1, 0.15) is 30.8 Å². The molecule has 0 spiro atoms. The van der Waals surface area contributed by atoms with Gasteiger partial charge in [-0.2, -0.15) is 0 Å². The number of rotatable bonds is 10. The van der Waals surface area contributed by atoms with Crippen LogP contribution in [0.3, 0.4) is 0 Å². The Morgan fingerprint density at radius 1 is 1.05 bits per heavy atom. The molecule has 5 rings (SSSR count). The lowest BCUT2D eigenvalue weighted by molar-refractivity contribution is -0.170. The van der Waals surface area contributed by atoms with Crippen molar-refractivity contribution in [2.75, 3.05) is 7.11 Å². The van der Waals surface area contributed by atoms with Crippen LogP contribution in [0.15, 0.2) is 66.7 Å². The van der Waals surface area contributed by atoms with E-state index in [0.29, 0.717) is 11.5 Å². The second-order valence-corrected chi connectivity index (χ2v) is 10.2. The van der Waals surface area contributed by atoms with Crippen LogP contribution in [0.2, 0.25) is 0 Å². The van der Waals surface area contributed by atoms with Gasteiger partial charge in [-0.05, 0) is 47.7 Å². The van der Waals surface area contributed by atoms with E-state index in [4.69, 9.17) is 14.2 Å². The number of aliphatic hydroxyl groups is 1. The summed E-state index contributed by atoms with van der Waals surface area (Å²) in [6, 6.07) is 18.2. The van der Waals surface area contributed by atoms with Crippen LogP contribution in [0.25, 0.3) is 0 Å². The van der Waals surface area contributed by atoms with Crippen molar-refractivity contribution in [2.45, 2.75) is 69.7 Å². The Hall–Kier alpha value is -3.46. The molecule has 2 aliphatic rings. The number of ether oxygens (including phenoxy) is 3. The van der Waals surface area contributed by atoms with Crippen molar-refractivity contribution in [1.29, 1.82) is 0 Å². The van der Waals surface area contributed by atoms with Crippen molar-refractivity contribution in [2.24, 2.45) is 0 Å². The molecule has 1 saturated carbocycles. The molecule has 1 unspecified atom stereocenters. The first-order chi connectivity index (χ1) is 18.9. The van der Waals surface area contributed by atoms with E-state index in [1.54, 1.807) is 23.1 Å². The highest BCUT2D eigenvalue weighted by atomic mass is 19.1. The topological polar surface area (TPSA) is 88.5 Å². The van der Waals surface area contributed by atoms with Crippen molar-refractivity contribution in [1.82, 2.24) is 4.90 Å². The van der Waals surface area contributed by atoms with Gasteiger partial charge in [0, 0.05) is 18.5 Å². The highest BCUT2D eigenvalue weighted by Crippen LogP contribution is 2.41. The van der Waals surface area contributed by atoms with Crippen LogP contribution >= 0.6 is 0 Å². The highest BCUT2D eigenvalue weighted by Gasteiger charge is 2.41. The summed E-state index contributed by atoms with van der Waals surface area (Å²) in [5.74, 6) is -0.427. The molecule has 8 heteroatoms. The molecular formula is C31H34FNO6. The number of aliphatic carboxylic acids is 1. The summed E-state index contributed by atoms with van der Waals surface area (Å²) >= 11 is 0. The normalized spacial score (nSPS) is 19.3. The number of carboxylic acids is 1. The maximum atomic E-state index is 13.3. The minimum absolute atomic E-state index is 0.0286. The van der Waals surface area contributed by atoms with E-state index in [1.165, 1.54) is 19.2 Å². The lowest BCUT2D eigenvalue weighted by Gasteiger charge is -2.41. The second-order valence-electron chi connectivity index (χ2n) is 10.2. The quantitative estimate of drug-likeness (QED) is 0.367. The number of hydrogen-bond acceptors (Lipinski definition) is 6. The minimum atomic E-state index is -1.17. The lowest BCUT2D eigenvalue weighted by Crippen LogP contribution is -2.53. The molecular weight excluding hydrogens is 501 g/mol. The van der Waals surface area contributed by atoms with Gasteiger partial charge in [-0.15, -0.1) is 0 Å². The van der Waals surface area contributed by atoms with Gasteiger partial charge in [0.2, 0.25) is 0 Å². The number of fused-ring (bicyclic) bond motifs is 1. The predicted octanol–water partition coefficient (Wildman–Crippen LogP) is 5.24. The van der Waals surface area contributed by atoms with Gasteiger partial charge in [-0.1, -0.05) is 61.4 Å². The van der Waals surface area contributed by atoms with Crippen LogP contribution < -0.4 is 9.47 Å². The summed E-state index contributed by atoms with van der Waals surface area (Å²) in [6.07, 6.45) is 2.30. The number of methoxy groups -OCH3 is 1. The first kappa shape index (κ1) is 27.1. The van der Waals surface area contributed by atoms with E-state index in [0.717, 1.165) is 47.9 Å². The molecule has 1 aliphatic carbocycles. The Balaban J connectivity index is 1.45. The van der Waals surface area contributed by atoms with Gasteiger partial charge in [0.05, 0.1) is 13.2 Å². The van der Waals surface area contributed by atoms with Gasteiger partial charge in [0.25, 0.3) is 0 Å². The summed E-state index contributed by atoms with van der Waals surface area (Å²) in [7, 11) is 1.53. The average molecular weight is 536 g/mol. The van der Waals surface area contributed by atoms with Crippen LogP contribution in [0, 0.1) is 5.82 Å². The van der Waals surface area contributed by atoms with Crippen molar-refractivity contribution in [3.05, 3.63) is 94.8 Å². The molecule has 1 fully saturated rings. The molecule has 0 saturated heterocycles. The van der Waals surface area contributed by atoms with Crippen molar-refractivity contribution >= 4 is 5.97 Å². The molecule has 3 aromatic rings. The van der Waals surface area contributed by atoms with E-state index >= 15 is 0 Å². The minimum Gasteiger partial charge on any atom is -0.493 e. The zero-order chi connectivity index (χ0) is 27.4. The molecule has 0 amide bonds. The number of carboxylic acid groups (broad SMARTS) is 1. The fraction of sp³-hybridized carbons (Fsp3) is 0.387. The number of nitrogens with zero attached hydrogens (tertiary/aromatic N) is 1. The highest BCUT2D eigenvalue weighted by molar-refractivity contribution is 5.75. The smallest absolute Gasteiger partial charge is 0.321 e. The van der Waals surface area contributed by atoms with Gasteiger partial charge < -0.3 is 24.4 Å². The largest absolute Gasteiger partial charge is 0.493 e. The molecule has 0 aromatic heterocycles. The second kappa shape index (κ2) is 12.2. The zero-order valence-electron chi connectivity index (χ0n) is 22.0. The fourth-order valence-electron chi connectivity index (χ4n) is 5.57. The van der Waals surface area contributed by atoms with Crippen LogP contribution in [0.1, 0.15) is 54.0 Å². The van der Waals surface area contributed by atoms with Crippen LogP contribution in [0.4, 0.5) is 4.39 Å². The third-order valence-corrected chi connectivity index (χ3v) is 7.65. The maximum absolute atomic E-state index is 13.3. The molecule has 39 heavy (non-hydrogen) atoms. The molecule has 0 bridgehead atoms. The standard InChI is InChI=1S/C31H34FNO6/c1-37-27-16-13-22-18-33(30(34)28(21-7-3-2-4-8-21)39-24-9-5-6-10-24)26(31(35)36)17-25(22)29(27)38-19-20-11-14-23(32)15-12-20/h2-4,7-8,11-16,24,26,28,30,34H,5-6,9-10,17-19H2,1H3,(H,35,36)/t26-,28-,30?/m0/s1. The monoisotopic (exact) mass is 535 g/mol. The predicted molar refractivity (Wildman–Crippen MR) is 143 cm³/mol. The van der Waals surface area contributed by atoms with E-state index in [-0.39, 0.29) is 31.5 Å². The van der Waals surface area contributed by atoms with Gasteiger partial charge in [-0.25, -0.2) is 4.39 Å². The molecule has 7 nitrogen and oxygen atoms in total. The molecule has 2 N–H and O–H groups in total. The Kier molecular flexibility index (Phi) is 8.45. The maximum Gasteiger partial charge on any atom is 0.321 e. The fourth-order valence-corrected chi connectivity index (χ4v) is 5.57. The third-order valence-electron chi connectivity index (χ3n) is 7.65. The number of carbonyl (C=O) groups is 1. The van der Waals surface area contributed by atoms with Crippen LogP contribution in [0.5, 0.6) is 11.5 Å². The summed E-state index contributed by atoms with van der Waals surface area (Å²) in [5.41, 5.74) is 3.15. The van der Waals surface area contributed by atoms with E-state index in [1.807, 2.05) is 36.4 Å². The van der Waals surface area contributed by atoms with E-state index in [2.05, 4.69) is 0 Å². The third kappa shape index (κ3) is 6.08. The van der Waals surface area contributed by atoms with E-state index < -0.39 is 24.3 Å². The molecule has 3 atom stereocenters. The van der Waals surface area contributed by atoms with E-state index in [9.17, 15) is 19.4 Å². The summed E-state index contributed by atoms with van der Waals surface area (Å²) in [6.45, 7) is 0.365. The lowest BCUT2D eigenvalue weighted by atomic mass is 9.91. The van der Waals surface area contributed by atoms with Crippen molar-refractivity contribution in [3.63, 3.8) is 0 Å². The van der Waals surface area contributed by atoms with Crippen molar-refractivity contribution in [3.8, 4) is 11.5 Å². The first-order valence-electron chi connectivity index (χ1n) is 13.4. The van der Waals surface area contributed by atoms with Crippen LogP contribution in [-0.4, -0.2) is 46.6 Å². The summed E-state index contributed by atoms with van der Waals surface area (Å²) < 4.78 is 31.5. The number of halogens is 1. The molecule has 3 aromatic carbocycles. The Labute approximate surface area is 227 Å². The average Bonchev–Trinajstić information content (AvgIpc) is 3.48. The van der Waals surface area contributed by atoms with Gasteiger partial charge >= 0.3 is 5.97 Å². The van der Waals surface area contributed by atoms with Gasteiger partial charge in [-0.3, -0.25) is 9.69 Å². The summed E-state index contributed by atoms with van der Waals surface area (Å²) in [4.78, 5) is 14.2. The zero-order valence-corrected chi connectivity index (χ0v) is 22.0. The Morgan fingerprint density at radius 2 is 1.77 bits per heavy atom. The number of aliphatic hydroxyl groups excluding tert-OH is 1. The molecule has 1 aliphatic heterocycles. The number of hydrogen-bond donors (Lipinski definition) is 2. The molecule has 206 valence electrons. The van der Waals surface area contributed by atoms with Crippen molar-refractivity contribution < 1.29 is 33.6 Å². The number of benzene rings is 3. The molecule has 1 heterocycles. The first-order valence-corrected chi connectivity index (χ1v) is 13.4. The Morgan fingerprint density at radius 3 is 2.44 bits per heavy atom. The molecule has 0 radical (unpaired) electrons. The van der Waals surface area contributed by atoms with Crippen LogP contribution in [-0.2, 0) is 29.1 Å².